The number of carbonyl (C=O) groups excluding carboxylic acids is 1. The first-order valence-electron chi connectivity index (χ1n) is 13.0. The van der Waals surface area contributed by atoms with Gasteiger partial charge >= 0.3 is 6.03 Å². The topological polar surface area (TPSA) is 62.8 Å². The number of nitrogens with one attached hydrogen (secondary N) is 2. The summed E-state index contributed by atoms with van der Waals surface area (Å²) in [6, 6.07) is 28.9. The summed E-state index contributed by atoms with van der Waals surface area (Å²) in [5.74, 6) is 1.65. The molecule has 0 aliphatic carbocycles. The van der Waals surface area contributed by atoms with Crippen LogP contribution < -0.4 is 20.1 Å². The first-order valence-corrected chi connectivity index (χ1v) is 13.0. The van der Waals surface area contributed by atoms with E-state index in [0.717, 1.165) is 45.8 Å². The second kappa shape index (κ2) is 12.3. The van der Waals surface area contributed by atoms with Crippen molar-refractivity contribution in [3.05, 3.63) is 96.6 Å². The molecule has 0 saturated carbocycles. The average molecular weight is 496 g/mol. The van der Waals surface area contributed by atoms with Crippen LogP contribution >= 0.6 is 0 Å². The fourth-order valence-corrected chi connectivity index (χ4v) is 4.63. The van der Waals surface area contributed by atoms with Gasteiger partial charge in [-0.1, -0.05) is 61.0 Å². The number of urea groups is 1. The maximum atomic E-state index is 12.5. The van der Waals surface area contributed by atoms with Crippen LogP contribution in [0.5, 0.6) is 11.5 Å². The Morgan fingerprint density at radius 3 is 2.24 bits per heavy atom. The third-order valence-corrected chi connectivity index (χ3v) is 6.61. The highest BCUT2D eigenvalue weighted by atomic mass is 16.5. The number of piperidine rings is 1. The van der Waals surface area contributed by atoms with E-state index >= 15 is 0 Å². The predicted molar refractivity (Wildman–Crippen MR) is 150 cm³/mol. The van der Waals surface area contributed by atoms with Crippen LogP contribution in [0.3, 0.4) is 0 Å². The van der Waals surface area contributed by atoms with Gasteiger partial charge in [-0.2, -0.15) is 0 Å². The quantitative estimate of drug-likeness (QED) is 0.264. The molecule has 2 N–H and O–H groups in total. The minimum Gasteiger partial charge on any atom is -0.492 e. The molecule has 5 rings (SSSR count). The van der Waals surface area contributed by atoms with Crippen molar-refractivity contribution >= 4 is 28.2 Å². The van der Waals surface area contributed by atoms with E-state index in [1.807, 2.05) is 91.0 Å². The van der Waals surface area contributed by atoms with Gasteiger partial charge in [0.15, 0.2) is 0 Å². The van der Waals surface area contributed by atoms with Gasteiger partial charge in [-0.15, -0.1) is 0 Å². The normalized spacial score (nSPS) is 13.7. The summed E-state index contributed by atoms with van der Waals surface area (Å²) >= 11 is 0. The fraction of sp³-hybridized carbons (Fsp3) is 0.258. The first-order chi connectivity index (χ1) is 18.2. The standard InChI is InChI=1S/C31H33N3O3/c35-31(32-25-9-3-1-4-10-25)33-29-17-18-30(28-12-6-5-11-27(28)29)37-23-24-13-15-26(16-14-24)36-22-21-34-19-7-2-8-20-34/h1,3-6,9-18H,2,7-8,19-23H2,(H2,32,33,35). The van der Waals surface area contributed by atoms with Gasteiger partial charge in [-0.05, 0) is 67.9 Å². The van der Waals surface area contributed by atoms with Crippen LogP contribution in [0.4, 0.5) is 16.2 Å². The van der Waals surface area contributed by atoms with Crippen LogP contribution in [0.2, 0.25) is 0 Å². The molecule has 0 bridgehead atoms. The lowest BCUT2D eigenvalue weighted by Crippen LogP contribution is -2.33. The molecule has 1 aliphatic rings. The molecule has 0 atom stereocenters. The second-order valence-electron chi connectivity index (χ2n) is 9.29. The van der Waals surface area contributed by atoms with E-state index in [0.29, 0.717) is 13.2 Å². The molecular formula is C31H33N3O3. The Morgan fingerprint density at radius 1 is 0.730 bits per heavy atom. The maximum Gasteiger partial charge on any atom is 0.323 e. The monoisotopic (exact) mass is 495 g/mol. The van der Waals surface area contributed by atoms with Gasteiger partial charge in [-0.25, -0.2) is 4.79 Å². The third kappa shape index (κ3) is 6.80. The van der Waals surface area contributed by atoms with Crippen molar-refractivity contribution in [3.8, 4) is 11.5 Å². The number of anilines is 2. The van der Waals surface area contributed by atoms with E-state index in [9.17, 15) is 4.79 Å². The van der Waals surface area contributed by atoms with Crippen LogP contribution in [0.25, 0.3) is 10.8 Å². The highest BCUT2D eigenvalue weighted by molar-refractivity contribution is 6.07. The van der Waals surface area contributed by atoms with Crippen molar-refractivity contribution in [2.45, 2.75) is 25.9 Å². The molecule has 6 heteroatoms. The minimum atomic E-state index is -0.289. The summed E-state index contributed by atoms with van der Waals surface area (Å²) in [6.07, 6.45) is 3.95. The van der Waals surface area contributed by atoms with Gasteiger partial charge < -0.3 is 20.1 Å². The zero-order valence-corrected chi connectivity index (χ0v) is 21.0. The molecule has 0 unspecified atom stereocenters. The lowest BCUT2D eigenvalue weighted by atomic mass is 10.1. The maximum absolute atomic E-state index is 12.5. The number of benzene rings is 4. The molecule has 1 fully saturated rings. The number of nitrogens with zero attached hydrogens (tertiary/aromatic N) is 1. The minimum absolute atomic E-state index is 0.289. The molecule has 37 heavy (non-hydrogen) atoms. The predicted octanol–water partition coefficient (Wildman–Crippen LogP) is 6.93. The van der Waals surface area contributed by atoms with Crippen LogP contribution in [0.15, 0.2) is 91.0 Å². The summed E-state index contributed by atoms with van der Waals surface area (Å²) in [4.78, 5) is 15.0. The van der Waals surface area contributed by atoms with Gasteiger partial charge in [0.1, 0.15) is 24.7 Å². The molecule has 4 aromatic rings. The molecule has 2 amide bonds. The second-order valence-corrected chi connectivity index (χ2v) is 9.29. The molecule has 1 saturated heterocycles. The zero-order valence-electron chi connectivity index (χ0n) is 21.0. The van der Waals surface area contributed by atoms with Crippen molar-refractivity contribution in [2.75, 3.05) is 36.9 Å². The summed E-state index contributed by atoms with van der Waals surface area (Å²) in [5, 5.41) is 7.67. The number of ether oxygens (including phenoxy) is 2. The number of rotatable bonds is 9. The summed E-state index contributed by atoms with van der Waals surface area (Å²) < 4.78 is 12.1. The Kier molecular flexibility index (Phi) is 8.18. The van der Waals surface area contributed by atoms with E-state index in [4.69, 9.17) is 9.47 Å². The van der Waals surface area contributed by atoms with Crippen molar-refractivity contribution in [2.24, 2.45) is 0 Å². The number of hydrogen-bond acceptors (Lipinski definition) is 4. The molecule has 0 radical (unpaired) electrons. The molecule has 1 heterocycles. The number of para-hydroxylation sites is 1. The number of hydrogen-bond donors (Lipinski definition) is 2. The molecule has 1 aliphatic heterocycles. The van der Waals surface area contributed by atoms with Crippen LogP contribution in [0, 0.1) is 0 Å². The van der Waals surface area contributed by atoms with Crippen LogP contribution in [-0.4, -0.2) is 37.2 Å². The number of fused-ring (bicyclic) bond motifs is 1. The van der Waals surface area contributed by atoms with E-state index in [2.05, 4.69) is 15.5 Å². The van der Waals surface area contributed by atoms with E-state index < -0.39 is 0 Å². The number of carbonyl (C=O) groups is 1. The Balaban J connectivity index is 1.17. The molecule has 0 spiro atoms. The number of amides is 2. The van der Waals surface area contributed by atoms with Gasteiger partial charge in [0.2, 0.25) is 0 Å². The third-order valence-electron chi connectivity index (χ3n) is 6.61. The smallest absolute Gasteiger partial charge is 0.323 e. The summed E-state index contributed by atoms with van der Waals surface area (Å²) in [6.45, 7) is 4.51. The Hall–Kier alpha value is -4.03. The SMILES string of the molecule is O=C(Nc1ccccc1)Nc1ccc(OCc2ccc(OCCN3CCCCC3)cc2)c2ccccc12. The van der Waals surface area contributed by atoms with Gasteiger partial charge in [0.25, 0.3) is 0 Å². The molecular weight excluding hydrogens is 462 g/mol. The van der Waals surface area contributed by atoms with E-state index in [1.54, 1.807) is 0 Å². The van der Waals surface area contributed by atoms with E-state index in [-0.39, 0.29) is 6.03 Å². The molecule has 190 valence electrons. The summed E-state index contributed by atoms with van der Waals surface area (Å²) in [7, 11) is 0. The van der Waals surface area contributed by atoms with Crippen molar-refractivity contribution in [3.63, 3.8) is 0 Å². The van der Waals surface area contributed by atoms with Gasteiger partial charge in [0.05, 0.1) is 5.69 Å². The number of likely N-dealkylation sites (tertiary alicyclic amines) is 1. The molecule has 4 aromatic carbocycles. The van der Waals surface area contributed by atoms with Gasteiger partial charge in [0, 0.05) is 23.0 Å². The van der Waals surface area contributed by atoms with Crippen LogP contribution in [0.1, 0.15) is 24.8 Å². The van der Waals surface area contributed by atoms with Gasteiger partial charge in [-0.3, -0.25) is 4.90 Å². The average Bonchev–Trinajstić information content (AvgIpc) is 2.94. The highest BCUT2D eigenvalue weighted by Gasteiger charge is 2.11. The zero-order chi connectivity index (χ0) is 25.3. The first kappa shape index (κ1) is 24.7. The molecule has 0 aromatic heterocycles. The summed E-state index contributed by atoms with van der Waals surface area (Å²) in [5.41, 5.74) is 2.53. The Bertz CT molecular complexity index is 1300. The van der Waals surface area contributed by atoms with Crippen molar-refractivity contribution in [1.82, 2.24) is 4.90 Å². The fourth-order valence-electron chi connectivity index (χ4n) is 4.63. The Labute approximate surface area is 218 Å². The van der Waals surface area contributed by atoms with E-state index in [1.165, 1.54) is 32.4 Å². The highest BCUT2D eigenvalue weighted by Crippen LogP contribution is 2.32. The Morgan fingerprint density at radius 2 is 1.46 bits per heavy atom. The lowest BCUT2D eigenvalue weighted by Gasteiger charge is -2.26. The van der Waals surface area contributed by atoms with Crippen molar-refractivity contribution < 1.29 is 14.3 Å². The van der Waals surface area contributed by atoms with Crippen molar-refractivity contribution in [1.29, 1.82) is 0 Å². The lowest BCUT2D eigenvalue weighted by molar-refractivity contribution is 0.183. The largest absolute Gasteiger partial charge is 0.492 e. The van der Waals surface area contributed by atoms with Crippen LogP contribution in [-0.2, 0) is 6.61 Å². The molecule has 6 nitrogen and oxygen atoms in total.